The Labute approximate surface area is 366 Å². The number of thiophene rings is 1. The summed E-state index contributed by atoms with van der Waals surface area (Å²) < 4.78 is 7.20. The fraction of sp³-hybridized carbons (Fsp3) is 0. The van der Waals surface area contributed by atoms with Gasteiger partial charge in [-0.1, -0.05) is 140 Å². The van der Waals surface area contributed by atoms with Crippen molar-refractivity contribution in [1.82, 2.24) is 24.1 Å². The molecule has 0 aliphatic carbocycles. The van der Waals surface area contributed by atoms with Gasteiger partial charge in [0.25, 0.3) is 0 Å². The summed E-state index contributed by atoms with van der Waals surface area (Å²) in [4.78, 5) is 15.5. The average Bonchev–Trinajstić information content (AvgIpc) is 4.01. The minimum Gasteiger partial charge on any atom is -0.309 e. The van der Waals surface area contributed by atoms with Crippen molar-refractivity contribution < 1.29 is 0 Å². The maximum Gasteiger partial charge on any atom is 0.165 e. The lowest BCUT2D eigenvalue weighted by Gasteiger charge is -2.12. The van der Waals surface area contributed by atoms with Crippen molar-refractivity contribution in [2.45, 2.75) is 0 Å². The van der Waals surface area contributed by atoms with Gasteiger partial charge in [0.05, 0.1) is 22.1 Å². The molecule has 13 rings (SSSR count). The van der Waals surface area contributed by atoms with Gasteiger partial charge in [-0.25, -0.2) is 15.0 Å². The second kappa shape index (κ2) is 14.2. The van der Waals surface area contributed by atoms with Crippen molar-refractivity contribution >= 4 is 75.1 Å². The lowest BCUT2D eigenvalue weighted by molar-refractivity contribution is 1.08. The Hall–Kier alpha value is -8.19. The Morgan fingerprint density at radius 2 is 0.794 bits per heavy atom. The van der Waals surface area contributed by atoms with Crippen LogP contribution in [0.1, 0.15) is 0 Å². The molecule has 0 spiro atoms. The van der Waals surface area contributed by atoms with Gasteiger partial charge in [0.2, 0.25) is 0 Å². The highest BCUT2D eigenvalue weighted by atomic mass is 32.1. The molecular formula is C57H35N5S. The standard InChI is InChI=1S/C57H35N5S/c1-5-17-36(18-6-1)55-58-56(37-19-7-2-8-20-37)60-57(59-55)48-33-39(32-47-43-26-14-16-28-53(43)63-54(47)48)38-29-30-50-44(31-38)46-34-45-42-25-13-15-27-49(42)61(40-21-9-3-10-22-40)51(45)35-52(46)62(50)41-23-11-4-12-24-41/h1-35H. The number of aromatic nitrogens is 5. The molecule has 9 aromatic carbocycles. The minimum absolute atomic E-state index is 0.647. The van der Waals surface area contributed by atoms with Crippen LogP contribution in [0, 0.1) is 0 Å². The smallest absolute Gasteiger partial charge is 0.165 e. The molecule has 294 valence electrons. The van der Waals surface area contributed by atoms with E-state index in [1.54, 1.807) is 11.3 Å². The largest absolute Gasteiger partial charge is 0.309 e. The van der Waals surface area contributed by atoms with Gasteiger partial charge >= 0.3 is 0 Å². The summed E-state index contributed by atoms with van der Waals surface area (Å²) in [6.07, 6.45) is 0. The van der Waals surface area contributed by atoms with Crippen LogP contribution in [0.25, 0.3) is 120 Å². The maximum absolute atomic E-state index is 5.24. The Morgan fingerprint density at radius 1 is 0.302 bits per heavy atom. The Kier molecular flexibility index (Phi) is 8.01. The summed E-state index contributed by atoms with van der Waals surface area (Å²) in [5, 5.41) is 7.27. The van der Waals surface area contributed by atoms with Crippen LogP contribution in [0.2, 0.25) is 0 Å². The van der Waals surface area contributed by atoms with E-state index >= 15 is 0 Å². The minimum atomic E-state index is 0.647. The van der Waals surface area contributed by atoms with Crippen LogP contribution in [0.3, 0.4) is 0 Å². The number of hydrogen-bond acceptors (Lipinski definition) is 4. The molecule has 5 nitrogen and oxygen atoms in total. The third-order valence-electron chi connectivity index (χ3n) is 12.3. The topological polar surface area (TPSA) is 48.5 Å². The van der Waals surface area contributed by atoms with Crippen LogP contribution in [0.5, 0.6) is 0 Å². The maximum atomic E-state index is 5.24. The van der Waals surface area contributed by atoms with Crippen LogP contribution in [0.4, 0.5) is 0 Å². The van der Waals surface area contributed by atoms with E-state index in [1.807, 2.05) is 36.4 Å². The Balaban J connectivity index is 1.09. The highest BCUT2D eigenvalue weighted by molar-refractivity contribution is 7.26. The number of para-hydroxylation sites is 3. The first-order valence-corrected chi connectivity index (χ1v) is 22.0. The highest BCUT2D eigenvalue weighted by Crippen LogP contribution is 2.45. The summed E-state index contributed by atoms with van der Waals surface area (Å²) in [6.45, 7) is 0. The fourth-order valence-corrected chi connectivity index (χ4v) is 10.7. The van der Waals surface area contributed by atoms with Gasteiger partial charge < -0.3 is 9.13 Å². The molecular weight excluding hydrogens is 787 g/mol. The molecule has 0 radical (unpaired) electrons. The Bertz CT molecular complexity index is 3830. The van der Waals surface area contributed by atoms with Gasteiger partial charge in [0.1, 0.15) is 0 Å². The van der Waals surface area contributed by atoms with Gasteiger partial charge in [-0.3, -0.25) is 0 Å². The van der Waals surface area contributed by atoms with Gasteiger partial charge in [0.15, 0.2) is 17.5 Å². The quantitative estimate of drug-likeness (QED) is 0.168. The Morgan fingerprint density at radius 3 is 1.44 bits per heavy atom. The van der Waals surface area contributed by atoms with Crippen molar-refractivity contribution in [2.24, 2.45) is 0 Å². The van der Waals surface area contributed by atoms with Crippen molar-refractivity contribution in [2.75, 3.05) is 0 Å². The van der Waals surface area contributed by atoms with Crippen molar-refractivity contribution in [3.8, 4) is 56.7 Å². The molecule has 13 aromatic rings. The molecule has 4 heterocycles. The molecule has 0 unspecified atom stereocenters. The van der Waals surface area contributed by atoms with Crippen LogP contribution in [0.15, 0.2) is 212 Å². The van der Waals surface area contributed by atoms with Gasteiger partial charge in [-0.2, -0.15) is 0 Å². The number of rotatable bonds is 6. The summed E-state index contributed by atoms with van der Waals surface area (Å²) in [5.41, 5.74) is 12.1. The zero-order chi connectivity index (χ0) is 41.4. The van der Waals surface area contributed by atoms with Crippen LogP contribution in [-0.2, 0) is 0 Å². The zero-order valence-corrected chi connectivity index (χ0v) is 34.7. The number of hydrogen-bond donors (Lipinski definition) is 0. The first-order chi connectivity index (χ1) is 31.2. The van der Waals surface area contributed by atoms with E-state index in [2.05, 4.69) is 185 Å². The van der Waals surface area contributed by atoms with E-state index < -0.39 is 0 Å². The van der Waals surface area contributed by atoms with E-state index in [4.69, 9.17) is 15.0 Å². The third-order valence-corrected chi connectivity index (χ3v) is 13.6. The molecule has 0 bridgehead atoms. The van der Waals surface area contributed by atoms with Crippen LogP contribution < -0.4 is 0 Å². The van der Waals surface area contributed by atoms with E-state index in [1.165, 1.54) is 48.1 Å². The van der Waals surface area contributed by atoms with Crippen LogP contribution in [-0.4, -0.2) is 24.1 Å². The third kappa shape index (κ3) is 5.73. The molecule has 0 saturated carbocycles. The molecule has 0 atom stereocenters. The van der Waals surface area contributed by atoms with Crippen molar-refractivity contribution in [3.05, 3.63) is 212 Å². The molecule has 4 aromatic heterocycles. The lowest BCUT2D eigenvalue weighted by atomic mass is 9.97. The molecule has 0 fully saturated rings. The van der Waals surface area contributed by atoms with E-state index in [9.17, 15) is 0 Å². The molecule has 0 amide bonds. The lowest BCUT2D eigenvalue weighted by Crippen LogP contribution is -2.00. The van der Waals surface area contributed by atoms with Crippen molar-refractivity contribution in [1.29, 1.82) is 0 Å². The molecule has 0 N–H and O–H groups in total. The summed E-state index contributed by atoms with van der Waals surface area (Å²) in [7, 11) is 0. The predicted octanol–water partition coefficient (Wildman–Crippen LogP) is 15.1. The normalized spacial score (nSPS) is 11.8. The number of benzene rings is 9. The predicted molar refractivity (Wildman–Crippen MR) is 263 cm³/mol. The molecule has 0 aliphatic heterocycles. The number of fused-ring (bicyclic) bond motifs is 9. The van der Waals surface area contributed by atoms with Gasteiger partial charge in [-0.15, -0.1) is 11.3 Å². The fourth-order valence-electron chi connectivity index (χ4n) is 9.46. The highest BCUT2D eigenvalue weighted by Gasteiger charge is 2.22. The van der Waals surface area contributed by atoms with Gasteiger partial charge in [-0.05, 0) is 83.9 Å². The van der Waals surface area contributed by atoms with Crippen molar-refractivity contribution in [3.63, 3.8) is 0 Å². The first-order valence-electron chi connectivity index (χ1n) is 21.2. The van der Waals surface area contributed by atoms with E-state index in [0.29, 0.717) is 17.5 Å². The summed E-state index contributed by atoms with van der Waals surface area (Å²) >= 11 is 1.79. The molecule has 63 heavy (non-hydrogen) atoms. The molecule has 0 aliphatic rings. The molecule has 0 saturated heterocycles. The van der Waals surface area contributed by atoms with Crippen LogP contribution >= 0.6 is 11.3 Å². The SMILES string of the molecule is c1ccc(-c2nc(-c3ccccc3)nc(-c3cc(-c4ccc5c(c4)c4cc6c7ccccc7n(-c7ccccc7)c6cc4n5-c4ccccc4)cc4c3sc3ccccc34)n2)cc1. The second-order valence-corrected chi connectivity index (χ2v) is 17.1. The second-order valence-electron chi connectivity index (χ2n) is 16.0. The summed E-state index contributed by atoms with van der Waals surface area (Å²) in [6, 6.07) is 75.7. The monoisotopic (exact) mass is 821 g/mol. The van der Waals surface area contributed by atoms with E-state index in [0.717, 1.165) is 54.9 Å². The summed E-state index contributed by atoms with van der Waals surface area (Å²) in [5.74, 6) is 1.95. The molecule has 6 heteroatoms. The first kappa shape index (κ1) is 35.6. The van der Waals surface area contributed by atoms with E-state index in [-0.39, 0.29) is 0 Å². The number of nitrogens with zero attached hydrogens (tertiary/aromatic N) is 5. The zero-order valence-electron chi connectivity index (χ0n) is 33.9. The average molecular weight is 822 g/mol. The van der Waals surface area contributed by atoms with Gasteiger partial charge in [0, 0.05) is 69.8 Å².